The van der Waals surface area contributed by atoms with Crippen molar-refractivity contribution in [2.75, 3.05) is 19.6 Å². The van der Waals surface area contributed by atoms with Crippen LogP contribution in [0.25, 0.3) is 0 Å². The van der Waals surface area contributed by atoms with Crippen molar-refractivity contribution in [1.82, 2.24) is 10.2 Å². The van der Waals surface area contributed by atoms with E-state index in [1.807, 2.05) is 0 Å². The molecule has 0 bridgehead atoms. The molecule has 0 radical (unpaired) electrons. The molecule has 0 aromatic heterocycles. The molecule has 0 aromatic rings. The number of aliphatic hydroxyl groups excluding tert-OH is 1. The van der Waals surface area contributed by atoms with Gasteiger partial charge in [-0.05, 0) is 25.7 Å². The van der Waals surface area contributed by atoms with E-state index in [0.29, 0.717) is 18.0 Å². The minimum Gasteiger partial charge on any atom is -0.391 e. The summed E-state index contributed by atoms with van der Waals surface area (Å²) in [5, 5.41) is 13.2. The molecule has 2 aliphatic heterocycles. The highest BCUT2D eigenvalue weighted by Crippen LogP contribution is 2.22. The first-order valence-corrected chi connectivity index (χ1v) is 5.82. The smallest absolute Gasteiger partial charge is 0.0704 e. The Morgan fingerprint density at radius 1 is 1.21 bits per heavy atom. The third-order valence-corrected chi connectivity index (χ3v) is 3.75. The molecule has 0 spiro atoms. The van der Waals surface area contributed by atoms with Crippen LogP contribution in [-0.2, 0) is 0 Å². The Bertz CT molecular complexity index is 180. The minimum absolute atomic E-state index is 0.102. The zero-order valence-corrected chi connectivity index (χ0v) is 9.24. The fourth-order valence-corrected chi connectivity index (χ4v) is 2.58. The van der Waals surface area contributed by atoms with E-state index in [0.717, 1.165) is 19.6 Å². The topological polar surface area (TPSA) is 35.5 Å². The molecule has 3 nitrogen and oxygen atoms in total. The second kappa shape index (κ2) is 4.17. The van der Waals surface area contributed by atoms with E-state index in [1.54, 1.807) is 0 Å². The van der Waals surface area contributed by atoms with Crippen molar-refractivity contribution in [1.29, 1.82) is 0 Å². The Hall–Kier alpha value is -0.120. The van der Waals surface area contributed by atoms with Gasteiger partial charge in [-0.25, -0.2) is 0 Å². The highest BCUT2D eigenvalue weighted by Gasteiger charge is 2.33. The lowest BCUT2D eigenvalue weighted by Crippen LogP contribution is -2.48. The second-order valence-electron chi connectivity index (χ2n) is 5.04. The van der Waals surface area contributed by atoms with Gasteiger partial charge in [-0.1, -0.05) is 6.92 Å². The van der Waals surface area contributed by atoms with Crippen LogP contribution in [0.2, 0.25) is 0 Å². The lowest BCUT2D eigenvalue weighted by atomic mass is 10.0. The van der Waals surface area contributed by atoms with Crippen LogP contribution in [0.3, 0.4) is 0 Å². The number of rotatable bonds is 1. The summed E-state index contributed by atoms with van der Waals surface area (Å²) in [4.78, 5) is 2.45. The zero-order chi connectivity index (χ0) is 10.1. The highest BCUT2D eigenvalue weighted by atomic mass is 16.3. The number of hydrogen-bond acceptors (Lipinski definition) is 3. The number of piperidine rings is 1. The molecular weight excluding hydrogens is 176 g/mol. The highest BCUT2D eigenvalue weighted by molar-refractivity contribution is 4.89. The van der Waals surface area contributed by atoms with E-state index in [1.165, 1.54) is 12.8 Å². The number of hydrogen-bond donors (Lipinski definition) is 2. The standard InChI is InChI=1S/C11H22N2O/c1-8-6-13(7-11(8)14)10-4-3-9(2)12-5-10/h8-12,14H,3-7H2,1-2H3. The minimum atomic E-state index is -0.102. The van der Waals surface area contributed by atoms with Crippen molar-refractivity contribution >= 4 is 0 Å². The lowest BCUT2D eigenvalue weighted by molar-refractivity contribution is 0.132. The van der Waals surface area contributed by atoms with Crippen LogP contribution in [0.5, 0.6) is 0 Å². The van der Waals surface area contributed by atoms with Crippen molar-refractivity contribution in [3.8, 4) is 0 Å². The fraction of sp³-hybridized carbons (Fsp3) is 1.00. The Morgan fingerprint density at radius 3 is 2.50 bits per heavy atom. The molecule has 2 N–H and O–H groups in total. The first-order chi connectivity index (χ1) is 6.66. The Morgan fingerprint density at radius 2 is 2.00 bits per heavy atom. The van der Waals surface area contributed by atoms with Crippen molar-refractivity contribution < 1.29 is 5.11 Å². The van der Waals surface area contributed by atoms with Crippen molar-refractivity contribution in [2.45, 2.75) is 44.9 Å². The summed E-state index contributed by atoms with van der Waals surface area (Å²) in [5.74, 6) is 0.453. The van der Waals surface area contributed by atoms with E-state index in [2.05, 4.69) is 24.1 Å². The molecule has 2 fully saturated rings. The SMILES string of the molecule is CC1CCC(N2CC(C)C(O)C2)CN1. The molecule has 2 aliphatic rings. The van der Waals surface area contributed by atoms with Gasteiger partial charge in [-0.15, -0.1) is 0 Å². The molecule has 0 saturated carbocycles. The molecule has 2 rings (SSSR count). The first-order valence-electron chi connectivity index (χ1n) is 5.82. The van der Waals surface area contributed by atoms with E-state index in [4.69, 9.17) is 0 Å². The van der Waals surface area contributed by atoms with E-state index in [-0.39, 0.29) is 6.10 Å². The first kappa shape index (κ1) is 10.4. The summed E-state index contributed by atoms with van der Waals surface area (Å²) in [6.45, 7) is 7.44. The van der Waals surface area contributed by atoms with Crippen LogP contribution in [0.1, 0.15) is 26.7 Å². The van der Waals surface area contributed by atoms with Gasteiger partial charge in [-0.3, -0.25) is 4.90 Å². The quantitative estimate of drug-likeness (QED) is 0.642. The van der Waals surface area contributed by atoms with Gasteiger partial charge in [0, 0.05) is 31.7 Å². The van der Waals surface area contributed by atoms with E-state index in [9.17, 15) is 5.11 Å². The molecule has 2 saturated heterocycles. The molecule has 3 heteroatoms. The average molecular weight is 198 g/mol. The number of β-amino-alcohol motifs (C(OH)–C–C–N with tert-alkyl or cyclic N) is 1. The predicted octanol–water partition coefficient (Wildman–Crippen LogP) is 0.440. The van der Waals surface area contributed by atoms with Gasteiger partial charge in [0.1, 0.15) is 0 Å². The fourth-order valence-electron chi connectivity index (χ4n) is 2.58. The van der Waals surface area contributed by atoms with Crippen LogP contribution >= 0.6 is 0 Å². The molecule has 0 amide bonds. The van der Waals surface area contributed by atoms with Gasteiger partial charge in [0.15, 0.2) is 0 Å². The largest absolute Gasteiger partial charge is 0.391 e. The summed E-state index contributed by atoms with van der Waals surface area (Å²) >= 11 is 0. The summed E-state index contributed by atoms with van der Waals surface area (Å²) in [7, 11) is 0. The molecule has 2 heterocycles. The van der Waals surface area contributed by atoms with Crippen molar-refractivity contribution in [3.05, 3.63) is 0 Å². The van der Waals surface area contributed by atoms with Gasteiger partial charge in [-0.2, -0.15) is 0 Å². The van der Waals surface area contributed by atoms with Gasteiger partial charge in [0.2, 0.25) is 0 Å². The second-order valence-corrected chi connectivity index (χ2v) is 5.04. The van der Waals surface area contributed by atoms with Crippen molar-refractivity contribution in [3.63, 3.8) is 0 Å². The third-order valence-electron chi connectivity index (χ3n) is 3.75. The Labute approximate surface area is 86.5 Å². The molecule has 4 unspecified atom stereocenters. The molecular formula is C11H22N2O. The summed E-state index contributed by atoms with van der Waals surface area (Å²) < 4.78 is 0. The van der Waals surface area contributed by atoms with Gasteiger partial charge < -0.3 is 10.4 Å². The van der Waals surface area contributed by atoms with Gasteiger partial charge in [0.25, 0.3) is 0 Å². The lowest BCUT2D eigenvalue weighted by Gasteiger charge is -2.34. The summed E-state index contributed by atoms with van der Waals surface area (Å²) in [6.07, 6.45) is 2.45. The summed E-state index contributed by atoms with van der Waals surface area (Å²) in [5.41, 5.74) is 0. The van der Waals surface area contributed by atoms with Crippen LogP contribution in [0, 0.1) is 5.92 Å². The van der Waals surface area contributed by atoms with Crippen molar-refractivity contribution in [2.24, 2.45) is 5.92 Å². The number of nitrogens with zero attached hydrogens (tertiary/aromatic N) is 1. The maximum absolute atomic E-state index is 9.69. The summed E-state index contributed by atoms with van der Waals surface area (Å²) in [6, 6.07) is 1.34. The third kappa shape index (κ3) is 2.10. The van der Waals surface area contributed by atoms with Gasteiger partial charge in [0.05, 0.1) is 6.10 Å². The maximum Gasteiger partial charge on any atom is 0.0704 e. The Balaban J connectivity index is 1.85. The molecule has 4 atom stereocenters. The van der Waals surface area contributed by atoms with Crippen LogP contribution in [0.15, 0.2) is 0 Å². The Kier molecular flexibility index (Phi) is 3.10. The normalized spacial score (nSPS) is 45.6. The number of aliphatic hydroxyl groups is 1. The molecule has 0 aromatic carbocycles. The van der Waals surface area contributed by atoms with Crippen LogP contribution in [0.4, 0.5) is 0 Å². The number of likely N-dealkylation sites (tertiary alicyclic amines) is 1. The molecule has 82 valence electrons. The molecule has 0 aliphatic carbocycles. The predicted molar refractivity (Wildman–Crippen MR) is 57.2 cm³/mol. The average Bonchev–Trinajstić information content (AvgIpc) is 2.48. The molecule has 14 heavy (non-hydrogen) atoms. The monoisotopic (exact) mass is 198 g/mol. The zero-order valence-electron chi connectivity index (χ0n) is 9.24. The number of nitrogens with one attached hydrogen (secondary N) is 1. The van der Waals surface area contributed by atoms with Crippen LogP contribution < -0.4 is 5.32 Å². The maximum atomic E-state index is 9.69. The van der Waals surface area contributed by atoms with E-state index < -0.39 is 0 Å². The van der Waals surface area contributed by atoms with E-state index >= 15 is 0 Å². The van der Waals surface area contributed by atoms with Crippen LogP contribution in [-0.4, -0.2) is 47.8 Å². The van der Waals surface area contributed by atoms with Gasteiger partial charge >= 0.3 is 0 Å².